The van der Waals surface area contributed by atoms with Gasteiger partial charge in [0.15, 0.2) is 0 Å². The second-order valence-electron chi connectivity index (χ2n) is 1.72. The van der Waals surface area contributed by atoms with Crippen LogP contribution in [0.25, 0.3) is 0 Å². The van der Waals surface area contributed by atoms with Crippen molar-refractivity contribution in [3.8, 4) is 0 Å². The maximum atomic E-state index is 10.6. The molecule has 0 aromatic rings. The molecule has 0 radical (unpaired) electrons. The Morgan fingerprint density at radius 1 is 1.25 bits per heavy atom. The topological polar surface area (TPSA) is 82.7 Å². The molecule has 0 rings (SSSR count). The third-order valence-electron chi connectivity index (χ3n) is 0.761. The van der Waals surface area contributed by atoms with Gasteiger partial charge in [-0.3, -0.25) is 0 Å². The molecule has 0 aromatic heterocycles. The van der Waals surface area contributed by atoms with Crippen LogP contribution in [0.3, 0.4) is 0 Å². The molecule has 8 nitrogen and oxygen atoms in total. The molecular formula is C4H12N4O4+2. The first-order valence-corrected chi connectivity index (χ1v) is 3.26. The average molecular weight is 180 g/mol. The molecule has 0 aliphatic heterocycles. The van der Waals surface area contributed by atoms with E-state index in [2.05, 4.69) is 9.68 Å². The molecule has 0 aliphatic rings. The monoisotopic (exact) mass is 180 g/mol. The van der Waals surface area contributed by atoms with Crippen molar-refractivity contribution in [2.75, 3.05) is 20.4 Å². The summed E-state index contributed by atoms with van der Waals surface area (Å²) in [6.45, 7) is 1.55. The van der Waals surface area contributed by atoms with Crippen molar-refractivity contribution in [1.82, 2.24) is 11.2 Å². The number of nitrogens with zero attached hydrogens (tertiary/aromatic N) is 2. The summed E-state index contributed by atoms with van der Waals surface area (Å²) in [6, 6.07) is 0. The highest BCUT2D eigenvalue weighted by Crippen LogP contribution is 1.70. The third-order valence-corrected chi connectivity index (χ3v) is 0.761. The Labute approximate surface area is 68.8 Å². The summed E-state index contributed by atoms with van der Waals surface area (Å²) in [5, 5.41) is 0. The zero-order valence-corrected chi connectivity index (χ0v) is 6.94. The molecule has 12 heavy (non-hydrogen) atoms. The Morgan fingerprint density at radius 2 is 1.83 bits per heavy atom. The summed E-state index contributed by atoms with van der Waals surface area (Å²) >= 11 is 0. The molecule has 0 aliphatic carbocycles. The van der Waals surface area contributed by atoms with Crippen LogP contribution in [0.1, 0.15) is 6.92 Å². The summed E-state index contributed by atoms with van der Waals surface area (Å²) in [7, 11) is 1.26. The first-order valence-electron chi connectivity index (χ1n) is 3.26. The van der Waals surface area contributed by atoms with Crippen molar-refractivity contribution in [2.45, 2.75) is 6.92 Å². The SMILES string of the molecule is CCON[N+](=O)C[N+](=O)NOC. The van der Waals surface area contributed by atoms with Gasteiger partial charge in [0, 0.05) is 0 Å². The number of hydrogen-bond donors (Lipinski definition) is 2. The Hall–Kier alpha value is -1.28. The molecule has 0 unspecified atom stereocenters. The molecule has 0 bridgehead atoms. The quantitative estimate of drug-likeness (QED) is 0.298. The maximum Gasteiger partial charge on any atom is 0.486 e. The molecular weight excluding hydrogens is 168 g/mol. The maximum absolute atomic E-state index is 10.6. The molecule has 8 heteroatoms. The van der Waals surface area contributed by atoms with Gasteiger partial charge in [-0.2, -0.15) is 0 Å². The molecule has 0 heterocycles. The number of nitrogens with one attached hydrogen (secondary N) is 2. The lowest BCUT2D eigenvalue weighted by Crippen LogP contribution is -2.37. The van der Waals surface area contributed by atoms with Gasteiger partial charge in [-0.05, 0) is 18.1 Å². The highest BCUT2D eigenvalue weighted by Gasteiger charge is 2.21. The fourth-order valence-electron chi connectivity index (χ4n) is 0.413. The highest BCUT2D eigenvalue weighted by atomic mass is 16.7. The fourth-order valence-corrected chi connectivity index (χ4v) is 0.413. The summed E-state index contributed by atoms with van der Waals surface area (Å²) in [5.74, 6) is 0. The van der Waals surface area contributed by atoms with Crippen LogP contribution in [0.15, 0.2) is 0 Å². The first kappa shape index (κ1) is 10.7. The van der Waals surface area contributed by atoms with Crippen molar-refractivity contribution >= 4 is 0 Å². The van der Waals surface area contributed by atoms with Crippen LogP contribution in [0.2, 0.25) is 0 Å². The molecule has 0 saturated carbocycles. The van der Waals surface area contributed by atoms with E-state index in [1.54, 1.807) is 6.92 Å². The summed E-state index contributed by atoms with van der Waals surface area (Å²) in [6.07, 6.45) is 0. The van der Waals surface area contributed by atoms with Crippen LogP contribution in [-0.4, -0.2) is 30.1 Å². The van der Waals surface area contributed by atoms with E-state index in [1.165, 1.54) is 7.11 Å². The lowest BCUT2D eigenvalue weighted by molar-refractivity contribution is -0.833. The zero-order chi connectivity index (χ0) is 9.40. The van der Waals surface area contributed by atoms with Crippen molar-refractivity contribution in [1.29, 1.82) is 0 Å². The van der Waals surface area contributed by atoms with Crippen LogP contribution >= 0.6 is 0 Å². The first-order chi connectivity index (χ1) is 5.70. The number of hydrogen-bond acceptors (Lipinski definition) is 4. The van der Waals surface area contributed by atoms with Gasteiger partial charge in [0.2, 0.25) is 9.74 Å². The Bertz CT molecular complexity index is 161. The molecule has 70 valence electrons. The molecule has 0 amide bonds. The average Bonchev–Trinajstić information content (AvgIpc) is 2.01. The van der Waals surface area contributed by atoms with Gasteiger partial charge < -0.3 is 0 Å². The standard InChI is InChI=1S/C4H12N4O4/c1-3-12-6-8(10)4-7(9)5-11-2/h3-4H2,1-2H3,(H,5,9)(H,6,10)/q+2. The van der Waals surface area contributed by atoms with Gasteiger partial charge in [-0.25, -0.2) is 9.68 Å². The number of hydrazine groups is 2. The zero-order valence-electron chi connectivity index (χ0n) is 6.94. The molecule has 2 N–H and O–H groups in total. The Kier molecular flexibility index (Phi) is 5.75. The van der Waals surface area contributed by atoms with Crippen LogP contribution < -0.4 is 11.2 Å². The van der Waals surface area contributed by atoms with E-state index >= 15 is 0 Å². The van der Waals surface area contributed by atoms with Gasteiger partial charge >= 0.3 is 6.67 Å². The summed E-state index contributed by atoms with van der Waals surface area (Å²) in [5.41, 5.74) is 3.86. The van der Waals surface area contributed by atoms with Gasteiger partial charge in [0.1, 0.15) is 0 Å². The van der Waals surface area contributed by atoms with Crippen molar-refractivity contribution in [2.24, 2.45) is 0 Å². The second-order valence-corrected chi connectivity index (χ2v) is 1.72. The van der Waals surface area contributed by atoms with Crippen molar-refractivity contribution in [3.05, 3.63) is 9.81 Å². The normalized spacial score (nSPS) is 9.17. The lowest BCUT2D eigenvalue weighted by Gasteiger charge is -1.91. The van der Waals surface area contributed by atoms with E-state index in [0.29, 0.717) is 6.61 Å². The van der Waals surface area contributed by atoms with E-state index < -0.39 is 6.67 Å². The summed E-state index contributed by atoms with van der Waals surface area (Å²) in [4.78, 5) is 30.3. The van der Waals surface area contributed by atoms with Gasteiger partial charge in [0.25, 0.3) is 0 Å². The smallest absolute Gasteiger partial charge is 0.228 e. The second kappa shape index (κ2) is 6.43. The fraction of sp³-hybridized carbons (Fsp3) is 1.00. The van der Waals surface area contributed by atoms with Crippen molar-refractivity contribution < 1.29 is 19.4 Å². The molecule has 0 atom stereocenters. The minimum Gasteiger partial charge on any atom is -0.228 e. The highest BCUT2D eigenvalue weighted by molar-refractivity contribution is 3.96. The van der Waals surface area contributed by atoms with Gasteiger partial charge in [-0.15, -0.1) is 0 Å². The van der Waals surface area contributed by atoms with E-state index in [0.717, 1.165) is 0 Å². The lowest BCUT2D eigenvalue weighted by atomic mass is 10.9. The Morgan fingerprint density at radius 3 is 2.33 bits per heavy atom. The number of rotatable bonds is 7. The summed E-state index contributed by atoms with van der Waals surface area (Å²) < 4.78 is 0. The van der Waals surface area contributed by atoms with Crippen LogP contribution in [0, 0.1) is 9.81 Å². The molecule has 0 fully saturated rings. The van der Waals surface area contributed by atoms with Crippen LogP contribution in [0.5, 0.6) is 0 Å². The van der Waals surface area contributed by atoms with Crippen molar-refractivity contribution in [3.63, 3.8) is 0 Å². The molecule has 0 spiro atoms. The van der Waals surface area contributed by atoms with Crippen LogP contribution in [0.4, 0.5) is 0 Å². The predicted molar refractivity (Wildman–Crippen MR) is 37.0 cm³/mol. The third kappa shape index (κ3) is 5.50. The Balaban J connectivity index is 3.47. The van der Waals surface area contributed by atoms with E-state index in [4.69, 9.17) is 0 Å². The van der Waals surface area contributed by atoms with E-state index in [9.17, 15) is 9.81 Å². The molecule has 0 aromatic carbocycles. The predicted octanol–water partition coefficient (Wildman–Crippen LogP) is -0.976. The minimum absolute atomic E-state index is 0.193. The van der Waals surface area contributed by atoms with E-state index in [-0.39, 0.29) is 9.74 Å². The van der Waals surface area contributed by atoms with Gasteiger partial charge in [0.05, 0.1) is 23.5 Å². The minimum atomic E-state index is -0.478. The van der Waals surface area contributed by atoms with Gasteiger partial charge in [-0.1, -0.05) is 0 Å². The number of nitroso groups, excluding NO2 is 2. The molecule has 0 saturated heterocycles. The van der Waals surface area contributed by atoms with E-state index in [1.807, 2.05) is 11.2 Å². The van der Waals surface area contributed by atoms with Crippen LogP contribution in [-0.2, 0) is 9.68 Å². The largest absolute Gasteiger partial charge is 0.486 e.